The second-order valence-electron chi connectivity index (χ2n) is 1.58. The molecule has 0 bridgehead atoms. The zero-order valence-electron chi connectivity index (χ0n) is 4.49. The summed E-state index contributed by atoms with van der Waals surface area (Å²) in [5, 5.41) is 0. The van der Waals surface area contributed by atoms with Gasteiger partial charge in [0.05, 0.1) is 5.69 Å². The molecule has 1 nitrogen and oxygen atoms in total. The van der Waals surface area contributed by atoms with Crippen molar-refractivity contribution >= 4 is 5.69 Å². The highest BCUT2D eigenvalue weighted by molar-refractivity contribution is 5.38. The van der Waals surface area contributed by atoms with Crippen LogP contribution in [0.2, 0.25) is 0 Å². The molecule has 0 saturated heterocycles. The van der Waals surface area contributed by atoms with E-state index in [1.54, 1.807) is 0 Å². The summed E-state index contributed by atoms with van der Waals surface area (Å²) < 4.78 is 24.2. The van der Waals surface area contributed by atoms with Gasteiger partial charge in [-0.1, -0.05) is 0 Å². The van der Waals surface area contributed by atoms with Crippen molar-refractivity contribution in [1.82, 2.24) is 0 Å². The first-order valence-electron chi connectivity index (χ1n) is 2.32. The van der Waals surface area contributed by atoms with Crippen LogP contribution in [0.5, 0.6) is 0 Å². The Labute approximate surface area is 51.1 Å². The summed E-state index contributed by atoms with van der Waals surface area (Å²) in [7, 11) is 0. The molecule has 1 aromatic rings. The molecule has 9 heavy (non-hydrogen) atoms. The molecule has 1 radical (unpaired) electrons. The van der Waals surface area contributed by atoms with E-state index in [1.165, 1.54) is 0 Å². The highest BCUT2D eigenvalue weighted by Gasteiger charge is 1.97. The topological polar surface area (TPSA) is 26.0 Å². The summed E-state index contributed by atoms with van der Waals surface area (Å²) in [6, 6.07) is 3.86. The van der Waals surface area contributed by atoms with Crippen molar-refractivity contribution in [2.75, 3.05) is 5.73 Å². The molecular formula is C6H4F2N. The van der Waals surface area contributed by atoms with E-state index in [0.29, 0.717) is 6.07 Å². The number of halogens is 2. The molecule has 3 heteroatoms. The van der Waals surface area contributed by atoms with Crippen molar-refractivity contribution in [3.63, 3.8) is 0 Å². The van der Waals surface area contributed by atoms with Crippen molar-refractivity contribution in [3.8, 4) is 0 Å². The SMILES string of the molecule is Nc1c[c]c(F)cc1F. The third kappa shape index (κ3) is 1.16. The van der Waals surface area contributed by atoms with E-state index in [1.807, 2.05) is 0 Å². The van der Waals surface area contributed by atoms with E-state index >= 15 is 0 Å². The van der Waals surface area contributed by atoms with Gasteiger partial charge in [-0.25, -0.2) is 8.78 Å². The van der Waals surface area contributed by atoms with Gasteiger partial charge < -0.3 is 5.73 Å². The molecule has 0 aliphatic heterocycles. The van der Waals surface area contributed by atoms with Gasteiger partial charge in [0.25, 0.3) is 0 Å². The molecule has 1 rings (SSSR count). The van der Waals surface area contributed by atoms with Crippen LogP contribution >= 0.6 is 0 Å². The standard InChI is InChI=1S/C6H4F2N/c7-4-1-2-6(9)5(8)3-4/h2-3H,9H2. The zero-order valence-corrected chi connectivity index (χ0v) is 4.49. The fourth-order valence-electron chi connectivity index (χ4n) is 0.452. The maximum absolute atomic E-state index is 12.2. The molecule has 0 unspecified atom stereocenters. The maximum Gasteiger partial charge on any atom is 0.149 e. The van der Waals surface area contributed by atoms with E-state index in [9.17, 15) is 8.78 Å². The Morgan fingerprint density at radius 1 is 1.44 bits per heavy atom. The Kier molecular flexibility index (Phi) is 1.34. The summed E-state index contributed by atoms with van der Waals surface area (Å²) in [4.78, 5) is 0. The summed E-state index contributed by atoms with van der Waals surface area (Å²) in [6.07, 6.45) is 0. The second kappa shape index (κ2) is 2.01. The highest BCUT2D eigenvalue weighted by Crippen LogP contribution is 2.08. The molecular weight excluding hydrogens is 124 g/mol. The number of hydrogen-bond acceptors (Lipinski definition) is 1. The first-order valence-corrected chi connectivity index (χ1v) is 2.32. The summed E-state index contributed by atoms with van der Waals surface area (Å²) in [5.41, 5.74) is 4.93. The van der Waals surface area contributed by atoms with Crippen LogP contribution in [0.1, 0.15) is 0 Å². The van der Waals surface area contributed by atoms with E-state index in [-0.39, 0.29) is 5.69 Å². The van der Waals surface area contributed by atoms with Gasteiger partial charge in [0.15, 0.2) is 0 Å². The molecule has 0 aromatic heterocycles. The van der Waals surface area contributed by atoms with Crippen molar-refractivity contribution < 1.29 is 8.78 Å². The second-order valence-corrected chi connectivity index (χ2v) is 1.58. The molecule has 0 atom stereocenters. The van der Waals surface area contributed by atoms with Crippen LogP contribution in [-0.2, 0) is 0 Å². The molecule has 47 valence electrons. The van der Waals surface area contributed by atoms with Crippen molar-refractivity contribution in [3.05, 3.63) is 29.8 Å². The molecule has 0 saturated carbocycles. The predicted octanol–water partition coefficient (Wildman–Crippen LogP) is 1.35. The van der Waals surface area contributed by atoms with Crippen LogP contribution in [0.25, 0.3) is 0 Å². The fraction of sp³-hybridized carbons (Fsp3) is 0. The molecule has 0 spiro atoms. The Balaban J connectivity index is 3.17. The zero-order chi connectivity index (χ0) is 6.85. The van der Waals surface area contributed by atoms with Gasteiger partial charge in [-0.15, -0.1) is 0 Å². The smallest absolute Gasteiger partial charge is 0.149 e. The lowest BCUT2D eigenvalue weighted by molar-refractivity contribution is 0.585. The third-order valence-electron chi connectivity index (χ3n) is 0.895. The minimum Gasteiger partial charge on any atom is -0.396 e. The average molecular weight is 128 g/mol. The van der Waals surface area contributed by atoms with Gasteiger partial charge in [-0.3, -0.25) is 0 Å². The van der Waals surface area contributed by atoms with Crippen LogP contribution in [-0.4, -0.2) is 0 Å². The van der Waals surface area contributed by atoms with Gasteiger partial charge >= 0.3 is 0 Å². The maximum atomic E-state index is 12.2. The van der Waals surface area contributed by atoms with E-state index in [0.717, 1.165) is 6.07 Å². The molecule has 1 aromatic carbocycles. The molecule has 0 aliphatic rings. The fourth-order valence-corrected chi connectivity index (χ4v) is 0.452. The monoisotopic (exact) mass is 128 g/mol. The van der Waals surface area contributed by atoms with Gasteiger partial charge in [0.2, 0.25) is 0 Å². The Hall–Kier alpha value is -1.12. The summed E-state index contributed by atoms with van der Waals surface area (Å²) in [6.45, 7) is 0. The average Bonchev–Trinajstić information content (AvgIpc) is 1.80. The molecule has 0 amide bonds. The largest absolute Gasteiger partial charge is 0.396 e. The normalized spacial score (nSPS) is 9.56. The number of hydrogen-bond donors (Lipinski definition) is 1. The number of rotatable bonds is 0. The quantitative estimate of drug-likeness (QED) is 0.524. The van der Waals surface area contributed by atoms with Crippen LogP contribution in [0.3, 0.4) is 0 Å². The van der Waals surface area contributed by atoms with Crippen LogP contribution < -0.4 is 5.73 Å². The lowest BCUT2D eigenvalue weighted by atomic mass is 10.3. The van der Waals surface area contributed by atoms with Crippen molar-refractivity contribution in [1.29, 1.82) is 0 Å². The van der Waals surface area contributed by atoms with E-state index < -0.39 is 11.6 Å². The Morgan fingerprint density at radius 3 is 2.56 bits per heavy atom. The summed E-state index contributed by atoms with van der Waals surface area (Å²) in [5.74, 6) is -1.48. The lowest BCUT2D eigenvalue weighted by Crippen LogP contribution is -1.90. The number of anilines is 1. The van der Waals surface area contributed by atoms with Gasteiger partial charge in [0, 0.05) is 12.1 Å². The molecule has 0 heterocycles. The van der Waals surface area contributed by atoms with Crippen molar-refractivity contribution in [2.24, 2.45) is 0 Å². The van der Waals surface area contributed by atoms with Crippen LogP contribution in [0.15, 0.2) is 12.1 Å². The molecule has 2 N–H and O–H groups in total. The predicted molar refractivity (Wildman–Crippen MR) is 29.6 cm³/mol. The Bertz CT molecular complexity index is 222. The third-order valence-corrected chi connectivity index (χ3v) is 0.895. The minimum atomic E-state index is -0.744. The Morgan fingerprint density at radius 2 is 2.11 bits per heavy atom. The lowest BCUT2D eigenvalue weighted by Gasteiger charge is -1.92. The first-order chi connectivity index (χ1) is 4.20. The van der Waals surface area contributed by atoms with E-state index in [2.05, 4.69) is 6.07 Å². The molecule has 0 aliphatic carbocycles. The van der Waals surface area contributed by atoms with Gasteiger partial charge in [0.1, 0.15) is 11.6 Å². The molecule has 0 fully saturated rings. The van der Waals surface area contributed by atoms with Crippen LogP contribution in [0, 0.1) is 17.7 Å². The number of benzene rings is 1. The van der Waals surface area contributed by atoms with Gasteiger partial charge in [-0.2, -0.15) is 0 Å². The van der Waals surface area contributed by atoms with Gasteiger partial charge in [-0.05, 0) is 6.07 Å². The number of nitrogens with two attached hydrogens (primary N) is 1. The van der Waals surface area contributed by atoms with Crippen molar-refractivity contribution in [2.45, 2.75) is 0 Å². The highest BCUT2D eigenvalue weighted by atomic mass is 19.1. The number of nitrogen functional groups attached to an aromatic ring is 1. The van der Waals surface area contributed by atoms with E-state index in [4.69, 9.17) is 5.73 Å². The summed E-state index contributed by atoms with van der Waals surface area (Å²) >= 11 is 0. The van der Waals surface area contributed by atoms with Crippen LogP contribution in [0.4, 0.5) is 14.5 Å². The minimum absolute atomic E-state index is 0.0867. The first kappa shape index (κ1) is 6.01.